The number of aromatic amines is 1. The summed E-state index contributed by atoms with van der Waals surface area (Å²) in [6.07, 6.45) is 1.56. The summed E-state index contributed by atoms with van der Waals surface area (Å²) in [7, 11) is 0. The number of rotatable bonds is 5. The van der Waals surface area contributed by atoms with Gasteiger partial charge in [-0.3, -0.25) is 10.00 Å². The van der Waals surface area contributed by atoms with Crippen molar-refractivity contribution in [2.24, 2.45) is 0 Å². The van der Waals surface area contributed by atoms with Gasteiger partial charge in [-0.2, -0.15) is 5.10 Å². The summed E-state index contributed by atoms with van der Waals surface area (Å²) in [5.41, 5.74) is 6.30. The van der Waals surface area contributed by atoms with Crippen LogP contribution in [0.15, 0.2) is 54.7 Å². The molecule has 0 bridgehead atoms. The fourth-order valence-corrected chi connectivity index (χ4v) is 3.08. The molecule has 1 aliphatic rings. The number of amides is 1. The Bertz CT molecular complexity index is 918. The monoisotopic (exact) mass is 348 g/mol. The van der Waals surface area contributed by atoms with Crippen LogP contribution in [0.3, 0.4) is 0 Å². The molecule has 0 radical (unpaired) electrons. The molecule has 1 amide bonds. The summed E-state index contributed by atoms with van der Waals surface area (Å²) in [5, 5.41) is 10.7. The third-order valence-electron chi connectivity index (χ3n) is 4.45. The maximum absolute atomic E-state index is 11.6. The first-order chi connectivity index (χ1) is 12.7. The number of carbonyl (C=O) groups is 1. The van der Waals surface area contributed by atoms with Crippen molar-refractivity contribution in [2.75, 3.05) is 23.4 Å². The Labute approximate surface area is 151 Å². The van der Waals surface area contributed by atoms with Gasteiger partial charge < -0.3 is 10.1 Å². The molecule has 0 unspecified atom stereocenters. The molecule has 1 fully saturated rings. The quantitative estimate of drug-likeness (QED) is 0.732. The zero-order valence-electron chi connectivity index (χ0n) is 14.5. The van der Waals surface area contributed by atoms with Crippen LogP contribution < -0.4 is 10.2 Å². The Morgan fingerprint density at radius 2 is 2.08 bits per heavy atom. The van der Waals surface area contributed by atoms with Gasteiger partial charge in [0.2, 0.25) is 0 Å². The Balaban J connectivity index is 1.45. The van der Waals surface area contributed by atoms with E-state index in [1.807, 2.05) is 36.5 Å². The number of nitrogens with zero attached hydrogens (tertiary/aromatic N) is 2. The lowest BCUT2D eigenvalue weighted by Gasteiger charge is -2.13. The van der Waals surface area contributed by atoms with Crippen LogP contribution in [-0.4, -0.2) is 29.4 Å². The number of aryl methyl sites for hydroxylation is 1. The Hall–Kier alpha value is -3.28. The van der Waals surface area contributed by atoms with Crippen molar-refractivity contribution in [2.45, 2.75) is 13.5 Å². The van der Waals surface area contributed by atoms with Gasteiger partial charge in [-0.25, -0.2) is 4.79 Å². The van der Waals surface area contributed by atoms with E-state index >= 15 is 0 Å². The van der Waals surface area contributed by atoms with Crippen molar-refractivity contribution >= 4 is 17.5 Å². The highest BCUT2D eigenvalue weighted by molar-refractivity contribution is 5.89. The number of hydrogen-bond donors (Lipinski definition) is 2. The number of benzene rings is 2. The van der Waals surface area contributed by atoms with E-state index in [2.05, 4.69) is 40.6 Å². The largest absolute Gasteiger partial charge is 0.447 e. The number of hydrogen-bond acceptors (Lipinski definition) is 4. The molecule has 0 aliphatic carbocycles. The zero-order valence-corrected chi connectivity index (χ0v) is 14.5. The van der Waals surface area contributed by atoms with Crippen LogP contribution in [-0.2, 0) is 11.3 Å². The van der Waals surface area contributed by atoms with Crippen LogP contribution in [0, 0.1) is 6.92 Å². The van der Waals surface area contributed by atoms with E-state index in [9.17, 15) is 4.79 Å². The fourth-order valence-electron chi connectivity index (χ4n) is 3.08. The van der Waals surface area contributed by atoms with Crippen molar-refractivity contribution in [1.82, 2.24) is 10.2 Å². The standard InChI is InChI=1S/C20H20N4O2/c1-14-3-2-4-15(11-14)19-16(13-22-23-19)12-21-17-5-7-18(8-6-17)24-9-10-26-20(24)25/h2-8,11,13,21H,9-10,12H2,1H3,(H,22,23). The van der Waals surface area contributed by atoms with Crippen LogP contribution in [0.4, 0.5) is 16.2 Å². The van der Waals surface area contributed by atoms with Gasteiger partial charge in [-0.15, -0.1) is 0 Å². The lowest BCUT2D eigenvalue weighted by molar-refractivity contribution is 0.181. The van der Waals surface area contributed by atoms with Crippen molar-refractivity contribution in [3.05, 3.63) is 65.9 Å². The van der Waals surface area contributed by atoms with E-state index in [1.165, 1.54) is 5.56 Å². The summed E-state index contributed by atoms with van der Waals surface area (Å²) in [4.78, 5) is 13.2. The summed E-state index contributed by atoms with van der Waals surface area (Å²) in [6, 6.07) is 16.1. The van der Waals surface area contributed by atoms with Crippen molar-refractivity contribution in [3.8, 4) is 11.3 Å². The Kier molecular flexibility index (Phi) is 4.31. The number of carbonyl (C=O) groups excluding carboxylic acids is 1. The van der Waals surface area contributed by atoms with Crippen LogP contribution in [0.1, 0.15) is 11.1 Å². The van der Waals surface area contributed by atoms with Gasteiger partial charge in [-0.05, 0) is 37.3 Å². The van der Waals surface area contributed by atoms with Crippen molar-refractivity contribution < 1.29 is 9.53 Å². The van der Waals surface area contributed by atoms with Crippen LogP contribution >= 0.6 is 0 Å². The maximum atomic E-state index is 11.6. The molecule has 1 aliphatic heterocycles. The number of aromatic nitrogens is 2. The molecule has 0 spiro atoms. The SMILES string of the molecule is Cc1cccc(-c2[nH]ncc2CNc2ccc(N3CCOC3=O)cc2)c1. The molecule has 6 heteroatoms. The number of cyclic esters (lactones) is 1. The molecule has 132 valence electrons. The van der Waals surface area contributed by atoms with Gasteiger partial charge in [-0.1, -0.05) is 23.8 Å². The molecular weight excluding hydrogens is 328 g/mol. The third-order valence-corrected chi connectivity index (χ3v) is 4.45. The smallest absolute Gasteiger partial charge is 0.414 e. The van der Waals surface area contributed by atoms with Gasteiger partial charge in [0.25, 0.3) is 0 Å². The highest BCUT2D eigenvalue weighted by Gasteiger charge is 2.23. The number of H-pyrrole nitrogens is 1. The van der Waals surface area contributed by atoms with Crippen LogP contribution in [0.5, 0.6) is 0 Å². The first-order valence-electron chi connectivity index (χ1n) is 8.58. The highest BCUT2D eigenvalue weighted by atomic mass is 16.6. The molecule has 0 atom stereocenters. The molecule has 26 heavy (non-hydrogen) atoms. The molecule has 2 aromatic carbocycles. The molecule has 0 saturated carbocycles. The average molecular weight is 348 g/mol. The normalized spacial score (nSPS) is 13.7. The summed E-state index contributed by atoms with van der Waals surface area (Å²) >= 11 is 0. The predicted molar refractivity (Wildman–Crippen MR) is 101 cm³/mol. The molecule has 1 aromatic heterocycles. The first kappa shape index (κ1) is 16.2. The number of ether oxygens (including phenoxy) is 1. The van der Waals surface area contributed by atoms with Gasteiger partial charge in [0, 0.05) is 29.0 Å². The summed E-state index contributed by atoms with van der Waals surface area (Å²) < 4.78 is 4.97. The minimum Gasteiger partial charge on any atom is -0.447 e. The van der Waals surface area contributed by atoms with E-state index in [0.29, 0.717) is 19.7 Å². The molecule has 2 heterocycles. The third kappa shape index (κ3) is 3.26. The minimum atomic E-state index is -0.285. The van der Waals surface area contributed by atoms with Crippen LogP contribution in [0.25, 0.3) is 11.3 Å². The van der Waals surface area contributed by atoms with E-state index in [4.69, 9.17) is 4.74 Å². The summed E-state index contributed by atoms with van der Waals surface area (Å²) in [5.74, 6) is 0. The van der Waals surface area contributed by atoms with Crippen LogP contribution in [0.2, 0.25) is 0 Å². The van der Waals surface area contributed by atoms with E-state index in [1.54, 1.807) is 4.90 Å². The minimum absolute atomic E-state index is 0.285. The van der Waals surface area contributed by atoms with Gasteiger partial charge >= 0.3 is 6.09 Å². The van der Waals surface area contributed by atoms with Gasteiger partial charge in [0.1, 0.15) is 6.61 Å². The van der Waals surface area contributed by atoms with E-state index in [0.717, 1.165) is 28.2 Å². The molecule has 1 saturated heterocycles. The molecular formula is C20H20N4O2. The van der Waals surface area contributed by atoms with Crippen molar-refractivity contribution in [1.29, 1.82) is 0 Å². The highest BCUT2D eigenvalue weighted by Crippen LogP contribution is 2.24. The molecule has 2 N–H and O–H groups in total. The number of nitrogens with one attached hydrogen (secondary N) is 2. The molecule has 3 aromatic rings. The van der Waals surface area contributed by atoms with Gasteiger partial charge in [0.05, 0.1) is 18.4 Å². The fraction of sp³-hybridized carbons (Fsp3) is 0.200. The predicted octanol–water partition coefficient (Wildman–Crippen LogP) is 3.95. The van der Waals surface area contributed by atoms with E-state index in [-0.39, 0.29) is 6.09 Å². The molecule has 6 nitrogen and oxygen atoms in total. The Morgan fingerprint density at radius 3 is 2.81 bits per heavy atom. The van der Waals surface area contributed by atoms with Gasteiger partial charge in [0.15, 0.2) is 0 Å². The second-order valence-corrected chi connectivity index (χ2v) is 6.31. The lowest BCUT2D eigenvalue weighted by atomic mass is 10.1. The van der Waals surface area contributed by atoms with Crippen molar-refractivity contribution in [3.63, 3.8) is 0 Å². The Morgan fingerprint density at radius 1 is 1.23 bits per heavy atom. The average Bonchev–Trinajstić information content (AvgIpc) is 3.29. The number of anilines is 2. The first-order valence-corrected chi connectivity index (χ1v) is 8.58. The second-order valence-electron chi connectivity index (χ2n) is 6.31. The maximum Gasteiger partial charge on any atom is 0.414 e. The lowest BCUT2D eigenvalue weighted by Crippen LogP contribution is -2.23. The van der Waals surface area contributed by atoms with E-state index < -0.39 is 0 Å². The topological polar surface area (TPSA) is 70.2 Å². The second kappa shape index (κ2) is 6.92. The zero-order chi connectivity index (χ0) is 17.9. The molecule has 4 rings (SSSR count). The summed E-state index contributed by atoms with van der Waals surface area (Å²) in [6.45, 7) is 3.78.